The lowest BCUT2D eigenvalue weighted by atomic mass is 9.86. The van der Waals surface area contributed by atoms with E-state index in [9.17, 15) is 4.79 Å². The lowest BCUT2D eigenvalue weighted by molar-refractivity contribution is 0.0673. The normalized spacial score (nSPS) is 21.9. The van der Waals surface area contributed by atoms with Crippen molar-refractivity contribution in [3.8, 4) is 0 Å². The van der Waals surface area contributed by atoms with Crippen LogP contribution in [0, 0.1) is 5.92 Å². The van der Waals surface area contributed by atoms with Gasteiger partial charge in [0.2, 0.25) is 0 Å². The number of halogens is 1. The van der Waals surface area contributed by atoms with Crippen LogP contribution in [-0.2, 0) is 0 Å². The zero-order valence-corrected chi connectivity index (χ0v) is 13.9. The number of rotatable bonds is 4. The average molecular weight is 309 g/mol. The Hall–Kier alpha value is -1.22. The Labute approximate surface area is 132 Å². The van der Waals surface area contributed by atoms with Crippen LogP contribution >= 0.6 is 11.6 Å². The summed E-state index contributed by atoms with van der Waals surface area (Å²) in [5.74, 6) is 0.763. The number of nitrogens with one attached hydrogen (secondary N) is 1. The fraction of sp³-hybridized carbons (Fsp3) is 0.588. The Morgan fingerprint density at radius 2 is 2.19 bits per heavy atom. The van der Waals surface area contributed by atoms with E-state index in [1.807, 2.05) is 31.0 Å². The van der Waals surface area contributed by atoms with Gasteiger partial charge in [0.05, 0.1) is 5.56 Å². The van der Waals surface area contributed by atoms with Gasteiger partial charge in [-0.1, -0.05) is 31.4 Å². The molecular formula is C17H25ClN2O. The Balaban J connectivity index is 2.20. The van der Waals surface area contributed by atoms with Crippen molar-refractivity contribution in [2.45, 2.75) is 45.6 Å². The first-order valence-corrected chi connectivity index (χ1v) is 8.21. The first kappa shape index (κ1) is 16.2. The van der Waals surface area contributed by atoms with Gasteiger partial charge in [-0.2, -0.15) is 0 Å². The molecule has 3 nitrogen and oxygen atoms in total. The highest BCUT2D eigenvalue weighted by Gasteiger charge is 2.27. The summed E-state index contributed by atoms with van der Waals surface area (Å²) in [7, 11) is 1.92. The molecule has 0 saturated heterocycles. The SMILES string of the molecule is CCNc1ccc(Cl)cc1C(=O)N(C)C1CCCC(C)C1. The number of hydrogen-bond acceptors (Lipinski definition) is 2. The fourth-order valence-electron chi connectivity index (χ4n) is 3.15. The summed E-state index contributed by atoms with van der Waals surface area (Å²) in [6.45, 7) is 5.08. The van der Waals surface area contributed by atoms with E-state index in [1.165, 1.54) is 12.8 Å². The molecule has 1 amide bonds. The van der Waals surface area contributed by atoms with E-state index in [0.29, 0.717) is 22.5 Å². The third-order valence-electron chi connectivity index (χ3n) is 4.36. The zero-order chi connectivity index (χ0) is 15.4. The molecule has 1 fully saturated rings. The number of hydrogen-bond donors (Lipinski definition) is 1. The summed E-state index contributed by atoms with van der Waals surface area (Å²) < 4.78 is 0. The minimum Gasteiger partial charge on any atom is -0.385 e. The molecule has 21 heavy (non-hydrogen) atoms. The smallest absolute Gasteiger partial charge is 0.255 e. The molecule has 0 radical (unpaired) electrons. The van der Waals surface area contributed by atoms with Gasteiger partial charge in [0, 0.05) is 30.3 Å². The van der Waals surface area contributed by atoms with Gasteiger partial charge < -0.3 is 10.2 Å². The van der Waals surface area contributed by atoms with Crippen molar-refractivity contribution >= 4 is 23.2 Å². The Morgan fingerprint density at radius 1 is 1.43 bits per heavy atom. The highest BCUT2D eigenvalue weighted by molar-refractivity contribution is 6.31. The molecule has 0 aliphatic heterocycles. The molecule has 0 heterocycles. The number of benzene rings is 1. The van der Waals surface area contributed by atoms with Gasteiger partial charge in [-0.3, -0.25) is 4.79 Å². The van der Waals surface area contributed by atoms with E-state index in [4.69, 9.17) is 11.6 Å². The Morgan fingerprint density at radius 3 is 2.86 bits per heavy atom. The van der Waals surface area contributed by atoms with Crippen LogP contribution in [0.15, 0.2) is 18.2 Å². The molecule has 2 atom stereocenters. The second-order valence-corrected chi connectivity index (χ2v) is 6.50. The molecule has 2 unspecified atom stereocenters. The maximum atomic E-state index is 12.8. The minimum absolute atomic E-state index is 0.0625. The second-order valence-electron chi connectivity index (χ2n) is 6.06. The van der Waals surface area contributed by atoms with Crippen molar-refractivity contribution in [1.82, 2.24) is 4.90 Å². The number of carbonyl (C=O) groups excluding carboxylic acids is 1. The van der Waals surface area contributed by atoms with E-state index < -0.39 is 0 Å². The Kier molecular flexibility index (Phi) is 5.51. The van der Waals surface area contributed by atoms with Crippen molar-refractivity contribution in [3.05, 3.63) is 28.8 Å². The van der Waals surface area contributed by atoms with Crippen LogP contribution in [0.4, 0.5) is 5.69 Å². The van der Waals surface area contributed by atoms with Crippen LogP contribution < -0.4 is 5.32 Å². The highest BCUT2D eigenvalue weighted by atomic mass is 35.5. The number of nitrogens with zero attached hydrogens (tertiary/aromatic N) is 1. The van der Waals surface area contributed by atoms with Crippen molar-refractivity contribution in [2.24, 2.45) is 5.92 Å². The lowest BCUT2D eigenvalue weighted by Gasteiger charge is -2.34. The molecule has 0 spiro atoms. The number of carbonyl (C=O) groups is 1. The molecule has 1 saturated carbocycles. The van der Waals surface area contributed by atoms with Crippen molar-refractivity contribution in [2.75, 3.05) is 18.9 Å². The molecule has 116 valence electrons. The van der Waals surface area contributed by atoms with Crippen LogP contribution in [-0.4, -0.2) is 30.4 Å². The number of amides is 1. The molecule has 0 bridgehead atoms. The van der Waals surface area contributed by atoms with Crippen molar-refractivity contribution < 1.29 is 4.79 Å². The maximum Gasteiger partial charge on any atom is 0.255 e. The topological polar surface area (TPSA) is 32.3 Å². The van der Waals surface area contributed by atoms with E-state index in [2.05, 4.69) is 12.2 Å². The lowest BCUT2D eigenvalue weighted by Crippen LogP contribution is -2.40. The largest absolute Gasteiger partial charge is 0.385 e. The zero-order valence-electron chi connectivity index (χ0n) is 13.2. The summed E-state index contributed by atoms with van der Waals surface area (Å²) in [5, 5.41) is 3.85. The maximum absolute atomic E-state index is 12.8. The van der Waals surface area contributed by atoms with Crippen molar-refractivity contribution in [3.63, 3.8) is 0 Å². The van der Waals surface area contributed by atoms with Crippen LogP contribution in [0.1, 0.15) is 49.9 Å². The first-order valence-electron chi connectivity index (χ1n) is 7.83. The summed E-state index contributed by atoms with van der Waals surface area (Å²) in [5.41, 5.74) is 1.53. The second kappa shape index (κ2) is 7.17. The van der Waals surface area contributed by atoms with Gasteiger partial charge in [-0.15, -0.1) is 0 Å². The molecule has 1 aliphatic carbocycles. The highest BCUT2D eigenvalue weighted by Crippen LogP contribution is 2.29. The molecule has 1 aromatic carbocycles. The predicted octanol–water partition coefficient (Wildman–Crippen LogP) is 4.42. The quantitative estimate of drug-likeness (QED) is 0.893. The van der Waals surface area contributed by atoms with Gasteiger partial charge in [0.1, 0.15) is 0 Å². The predicted molar refractivity (Wildman–Crippen MR) is 89.1 cm³/mol. The van der Waals surface area contributed by atoms with Gasteiger partial charge in [0.15, 0.2) is 0 Å². The van der Waals surface area contributed by atoms with Crippen LogP contribution in [0.3, 0.4) is 0 Å². The molecule has 1 aromatic rings. The van der Waals surface area contributed by atoms with Crippen LogP contribution in [0.2, 0.25) is 5.02 Å². The fourth-order valence-corrected chi connectivity index (χ4v) is 3.32. The van der Waals surface area contributed by atoms with Crippen molar-refractivity contribution in [1.29, 1.82) is 0 Å². The molecule has 4 heteroatoms. The Bertz CT molecular complexity index is 504. The van der Waals surface area contributed by atoms with E-state index in [-0.39, 0.29) is 5.91 Å². The van der Waals surface area contributed by atoms with E-state index in [1.54, 1.807) is 6.07 Å². The summed E-state index contributed by atoms with van der Waals surface area (Å²) >= 11 is 6.08. The monoisotopic (exact) mass is 308 g/mol. The molecule has 1 N–H and O–H groups in total. The van der Waals surface area contributed by atoms with Gasteiger partial charge >= 0.3 is 0 Å². The summed E-state index contributed by atoms with van der Waals surface area (Å²) in [6, 6.07) is 5.81. The minimum atomic E-state index is 0.0625. The average Bonchev–Trinajstić information content (AvgIpc) is 2.48. The van der Waals surface area contributed by atoms with Crippen LogP contribution in [0.25, 0.3) is 0 Å². The standard InChI is InChI=1S/C17H25ClN2O/c1-4-19-16-9-8-13(18)11-15(16)17(21)20(3)14-7-5-6-12(2)10-14/h8-9,11-12,14,19H,4-7,10H2,1-3H3. The summed E-state index contributed by atoms with van der Waals surface area (Å²) in [4.78, 5) is 14.7. The van der Waals surface area contributed by atoms with E-state index in [0.717, 1.165) is 25.1 Å². The molecule has 1 aliphatic rings. The molecular weight excluding hydrogens is 284 g/mol. The van der Waals surface area contributed by atoms with Gasteiger partial charge in [-0.05, 0) is 43.9 Å². The number of anilines is 1. The molecule has 0 aromatic heterocycles. The van der Waals surface area contributed by atoms with Crippen LogP contribution in [0.5, 0.6) is 0 Å². The third kappa shape index (κ3) is 3.91. The summed E-state index contributed by atoms with van der Waals surface area (Å²) in [6.07, 6.45) is 4.68. The third-order valence-corrected chi connectivity index (χ3v) is 4.59. The van der Waals surface area contributed by atoms with E-state index >= 15 is 0 Å². The van der Waals surface area contributed by atoms with Gasteiger partial charge in [-0.25, -0.2) is 0 Å². The molecule has 2 rings (SSSR count). The first-order chi connectivity index (χ1) is 10.0. The van der Waals surface area contributed by atoms with Gasteiger partial charge in [0.25, 0.3) is 5.91 Å².